The number of hydrogen-bond donors (Lipinski definition) is 2. The van der Waals surface area contributed by atoms with Gasteiger partial charge in [0.05, 0.1) is 31.9 Å². The van der Waals surface area contributed by atoms with Gasteiger partial charge in [0.25, 0.3) is 0 Å². The monoisotopic (exact) mass is 381 g/mol. The molecule has 1 saturated heterocycles. The fourth-order valence-electron chi connectivity index (χ4n) is 3.09. The van der Waals surface area contributed by atoms with Gasteiger partial charge in [-0.05, 0) is 36.4 Å². The Hall–Kier alpha value is -1.27. The maximum absolute atomic E-state index is 13.9. The molecule has 134 valence electrons. The smallest absolute Gasteiger partial charge is 0.146 e. The predicted molar refractivity (Wildman–Crippen MR) is 102 cm³/mol. The summed E-state index contributed by atoms with van der Waals surface area (Å²) in [6.45, 7) is 4.18. The lowest BCUT2D eigenvalue weighted by molar-refractivity contribution is -0.903. The molecule has 2 N–H and O–H groups in total. The maximum atomic E-state index is 13.9. The molecule has 0 unspecified atom stereocenters. The maximum Gasteiger partial charge on any atom is 0.146 e. The molecule has 2 aromatic rings. The number of piperazine rings is 1. The van der Waals surface area contributed by atoms with Crippen LogP contribution in [0.15, 0.2) is 53.4 Å². The van der Waals surface area contributed by atoms with Crippen LogP contribution < -0.4 is 9.80 Å². The lowest BCUT2D eigenvalue weighted by atomic mass is 10.2. The number of benzene rings is 2. The molecule has 3 nitrogen and oxygen atoms in total. The molecular formula is C19H23ClFN2OS+. The van der Waals surface area contributed by atoms with Crippen molar-refractivity contribution in [3.05, 3.63) is 59.4 Å². The molecule has 1 fully saturated rings. The van der Waals surface area contributed by atoms with Crippen LogP contribution in [0.25, 0.3) is 0 Å². The number of anilines is 1. The molecule has 1 heterocycles. The van der Waals surface area contributed by atoms with Crippen molar-refractivity contribution in [1.82, 2.24) is 0 Å². The normalized spacial score (nSPS) is 16.8. The Morgan fingerprint density at radius 2 is 1.80 bits per heavy atom. The van der Waals surface area contributed by atoms with Crippen LogP contribution in [0, 0.1) is 5.82 Å². The van der Waals surface area contributed by atoms with Gasteiger partial charge in [0.1, 0.15) is 18.5 Å². The van der Waals surface area contributed by atoms with Crippen molar-refractivity contribution in [2.75, 3.05) is 43.4 Å². The number of nitrogens with zero attached hydrogens (tertiary/aromatic N) is 1. The molecule has 0 spiro atoms. The minimum atomic E-state index is -0.351. The second-order valence-corrected chi connectivity index (χ2v) is 7.84. The Balaban J connectivity index is 1.42. The summed E-state index contributed by atoms with van der Waals surface area (Å²) in [6, 6.07) is 14.6. The minimum Gasteiger partial charge on any atom is -0.386 e. The van der Waals surface area contributed by atoms with Crippen LogP contribution in [-0.2, 0) is 0 Å². The summed E-state index contributed by atoms with van der Waals surface area (Å²) in [5, 5.41) is 11.0. The molecule has 0 amide bonds. The fourth-order valence-corrected chi connectivity index (χ4v) is 4.05. The lowest BCUT2D eigenvalue weighted by Crippen LogP contribution is -3.16. The summed E-state index contributed by atoms with van der Waals surface area (Å²) in [5.74, 6) is 0.507. The van der Waals surface area contributed by atoms with Gasteiger partial charge in [-0.3, -0.25) is 0 Å². The highest BCUT2D eigenvalue weighted by Crippen LogP contribution is 2.21. The first kappa shape index (κ1) is 18.5. The Labute approximate surface area is 157 Å². The molecule has 1 aliphatic rings. The predicted octanol–water partition coefficient (Wildman–Crippen LogP) is 2.34. The number of thioether (sulfide) groups is 1. The average molecular weight is 382 g/mol. The molecule has 25 heavy (non-hydrogen) atoms. The van der Waals surface area contributed by atoms with Gasteiger partial charge in [0.15, 0.2) is 0 Å². The van der Waals surface area contributed by atoms with E-state index >= 15 is 0 Å². The van der Waals surface area contributed by atoms with Gasteiger partial charge >= 0.3 is 0 Å². The lowest BCUT2D eigenvalue weighted by Gasteiger charge is -2.34. The van der Waals surface area contributed by atoms with E-state index in [9.17, 15) is 9.50 Å². The van der Waals surface area contributed by atoms with E-state index < -0.39 is 0 Å². The third-order valence-electron chi connectivity index (χ3n) is 4.44. The number of hydrogen-bond acceptors (Lipinski definition) is 3. The SMILES string of the molecule is O[C@@H](CSc1ccc(Cl)cc1)C[NH+]1CCN(c2ccccc2F)CC1. The van der Waals surface area contributed by atoms with Gasteiger partial charge in [0.2, 0.25) is 0 Å². The van der Waals surface area contributed by atoms with Crippen LogP contribution in [-0.4, -0.2) is 49.7 Å². The van der Waals surface area contributed by atoms with Crippen LogP contribution >= 0.6 is 23.4 Å². The molecule has 6 heteroatoms. The van der Waals surface area contributed by atoms with E-state index in [2.05, 4.69) is 4.90 Å². The van der Waals surface area contributed by atoms with E-state index in [0.717, 1.165) is 42.6 Å². The number of aliphatic hydroxyl groups is 1. The van der Waals surface area contributed by atoms with Gasteiger partial charge in [-0.15, -0.1) is 11.8 Å². The largest absolute Gasteiger partial charge is 0.386 e. The Morgan fingerprint density at radius 3 is 2.48 bits per heavy atom. The molecule has 1 atom stereocenters. The zero-order chi connectivity index (χ0) is 17.6. The first-order valence-electron chi connectivity index (χ1n) is 8.51. The summed E-state index contributed by atoms with van der Waals surface area (Å²) >= 11 is 7.52. The van der Waals surface area contributed by atoms with Crippen LogP contribution in [0.2, 0.25) is 5.02 Å². The van der Waals surface area contributed by atoms with Crippen molar-refractivity contribution >= 4 is 29.1 Å². The third kappa shape index (κ3) is 5.35. The molecule has 2 aromatic carbocycles. The second kappa shape index (κ2) is 8.90. The number of halogens is 2. The van der Waals surface area contributed by atoms with E-state index in [1.807, 2.05) is 36.4 Å². The Kier molecular flexibility index (Phi) is 6.59. The van der Waals surface area contributed by atoms with Crippen molar-refractivity contribution in [1.29, 1.82) is 0 Å². The second-order valence-electron chi connectivity index (χ2n) is 6.31. The number of rotatable bonds is 6. The number of quaternary nitrogens is 1. The molecule has 0 aliphatic carbocycles. The van der Waals surface area contributed by atoms with Crippen molar-refractivity contribution < 1.29 is 14.4 Å². The van der Waals surface area contributed by atoms with Crippen LogP contribution in [0.3, 0.4) is 0 Å². The Morgan fingerprint density at radius 1 is 1.12 bits per heavy atom. The standard InChI is InChI=1S/C19H22ClFN2OS/c20-15-5-7-17(8-6-15)25-14-16(24)13-22-9-11-23(12-10-22)19-4-2-1-3-18(19)21/h1-8,16,24H,9-14H2/p+1/t16-/m1/s1. The number of aliphatic hydroxyl groups excluding tert-OH is 1. The summed E-state index contributed by atoms with van der Waals surface area (Å²) < 4.78 is 13.9. The molecule has 0 aromatic heterocycles. The first-order valence-corrected chi connectivity index (χ1v) is 9.87. The number of para-hydroxylation sites is 1. The first-order chi connectivity index (χ1) is 12.1. The highest BCUT2D eigenvalue weighted by atomic mass is 35.5. The van der Waals surface area contributed by atoms with Crippen molar-refractivity contribution in [2.24, 2.45) is 0 Å². The van der Waals surface area contributed by atoms with Crippen LogP contribution in [0.5, 0.6) is 0 Å². The summed E-state index contributed by atoms with van der Waals surface area (Å²) in [7, 11) is 0. The van der Waals surface area contributed by atoms with Crippen molar-refractivity contribution in [3.8, 4) is 0 Å². The van der Waals surface area contributed by atoms with Gasteiger partial charge < -0.3 is 14.9 Å². The summed E-state index contributed by atoms with van der Waals surface area (Å²) in [6.07, 6.45) is -0.351. The zero-order valence-corrected chi connectivity index (χ0v) is 15.6. The van der Waals surface area contributed by atoms with E-state index in [4.69, 9.17) is 11.6 Å². The van der Waals surface area contributed by atoms with E-state index in [1.165, 1.54) is 11.0 Å². The average Bonchev–Trinajstić information content (AvgIpc) is 2.62. The van der Waals surface area contributed by atoms with Crippen LogP contribution in [0.4, 0.5) is 10.1 Å². The van der Waals surface area contributed by atoms with E-state index in [0.29, 0.717) is 11.4 Å². The highest BCUT2D eigenvalue weighted by Gasteiger charge is 2.23. The number of nitrogens with one attached hydrogen (secondary N) is 1. The van der Waals surface area contributed by atoms with Gasteiger partial charge in [-0.1, -0.05) is 23.7 Å². The van der Waals surface area contributed by atoms with Gasteiger partial charge in [-0.25, -0.2) is 4.39 Å². The third-order valence-corrected chi connectivity index (χ3v) is 5.85. The molecule has 1 aliphatic heterocycles. The minimum absolute atomic E-state index is 0.162. The van der Waals surface area contributed by atoms with Gasteiger partial charge in [0, 0.05) is 15.7 Å². The van der Waals surface area contributed by atoms with E-state index in [1.54, 1.807) is 17.8 Å². The Bertz CT molecular complexity index is 677. The molecular weight excluding hydrogens is 359 g/mol. The highest BCUT2D eigenvalue weighted by molar-refractivity contribution is 7.99. The fraction of sp³-hybridized carbons (Fsp3) is 0.368. The zero-order valence-electron chi connectivity index (χ0n) is 14.0. The topological polar surface area (TPSA) is 27.9 Å². The van der Waals surface area contributed by atoms with Gasteiger partial charge in [-0.2, -0.15) is 0 Å². The van der Waals surface area contributed by atoms with Crippen molar-refractivity contribution in [2.45, 2.75) is 11.0 Å². The molecule has 0 bridgehead atoms. The quantitative estimate of drug-likeness (QED) is 0.752. The summed E-state index contributed by atoms with van der Waals surface area (Å²) in [5.41, 5.74) is 0.681. The summed E-state index contributed by atoms with van der Waals surface area (Å²) in [4.78, 5) is 4.58. The molecule has 3 rings (SSSR count). The molecule has 0 saturated carbocycles. The van der Waals surface area contributed by atoms with E-state index in [-0.39, 0.29) is 11.9 Å². The van der Waals surface area contributed by atoms with Crippen LogP contribution in [0.1, 0.15) is 0 Å². The van der Waals surface area contributed by atoms with Crippen molar-refractivity contribution in [3.63, 3.8) is 0 Å². The molecule has 0 radical (unpaired) electrons.